The Hall–Kier alpha value is -2.50. The SMILES string of the molecule is Cc1ccc(OC(Cc2cccc(C(F)(F)F)c2)C(=O)O)cc1. The highest BCUT2D eigenvalue weighted by Crippen LogP contribution is 2.30. The molecule has 0 spiro atoms. The Bertz CT molecular complexity index is 678. The van der Waals surface area contributed by atoms with E-state index >= 15 is 0 Å². The molecule has 6 heteroatoms. The number of halogens is 3. The standard InChI is InChI=1S/C17H15F3O3/c1-11-5-7-14(8-6-11)23-15(16(21)22)10-12-3-2-4-13(9-12)17(18,19)20/h2-9,15H,10H2,1H3,(H,21,22). The van der Waals surface area contributed by atoms with Crippen molar-refractivity contribution in [2.24, 2.45) is 0 Å². The molecule has 0 heterocycles. The fourth-order valence-electron chi connectivity index (χ4n) is 2.05. The maximum Gasteiger partial charge on any atom is 0.416 e. The van der Waals surface area contributed by atoms with Crippen LogP contribution in [0.5, 0.6) is 5.75 Å². The lowest BCUT2D eigenvalue weighted by Gasteiger charge is -2.16. The molecule has 2 aromatic rings. The van der Waals surface area contributed by atoms with Crippen LogP contribution in [0.1, 0.15) is 16.7 Å². The highest BCUT2D eigenvalue weighted by Gasteiger charge is 2.31. The fraction of sp³-hybridized carbons (Fsp3) is 0.235. The first-order valence-electron chi connectivity index (χ1n) is 6.88. The number of benzene rings is 2. The molecule has 2 aromatic carbocycles. The Kier molecular flexibility index (Phi) is 4.93. The minimum Gasteiger partial charge on any atom is -0.478 e. The first kappa shape index (κ1) is 16.9. The van der Waals surface area contributed by atoms with Crippen LogP contribution in [-0.4, -0.2) is 17.2 Å². The molecule has 1 N–H and O–H groups in total. The minimum absolute atomic E-state index is 0.160. The van der Waals surface area contributed by atoms with Crippen LogP contribution in [-0.2, 0) is 17.4 Å². The molecule has 0 aromatic heterocycles. The van der Waals surface area contributed by atoms with Crippen molar-refractivity contribution in [2.75, 3.05) is 0 Å². The van der Waals surface area contributed by atoms with Gasteiger partial charge in [-0.1, -0.05) is 35.9 Å². The summed E-state index contributed by atoms with van der Waals surface area (Å²) < 4.78 is 43.5. The van der Waals surface area contributed by atoms with Crippen LogP contribution in [0, 0.1) is 6.92 Å². The molecule has 122 valence electrons. The summed E-state index contributed by atoms with van der Waals surface area (Å²) in [6.07, 6.45) is -5.89. The summed E-state index contributed by atoms with van der Waals surface area (Å²) in [7, 11) is 0. The van der Waals surface area contributed by atoms with Crippen molar-refractivity contribution in [3.05, 3.63) is 65.2 Å². The summed E-state index contributed by atoms with van der Waals surface area (Å²) in [5.74, 6) is -0.877. The van der Waals surface area contributed by atoms with Crippen molar-refractivity contribution in [3.8, 4) is 5.75 Å². The zero-order chi connectivity index (χ0) is 17.0. The normalized spacial score (nSPS) is 12.7. The lowest BCUT2D eigenvalue weighted by molar-refractivity contribution is -0.145. The van der Waals surface area contributed by atoms with E-state index in [2.05, 4.69) is 0 Å². The average molecular weight is 324 g/mol. The van der Waals surface area contributed by atoms with Crippen LogP contribution < -0.4 is 4.74 Å². The molecule has 23 heavy (non-hydrogen) atoms. The first-order valence-corrected chi connectivity index (χ1v) is 6.88. The molecule has 0 saturated carbocycles. The number of aryl methyl sites for hydroxylation is 1. The number of hydrogen-bond donors (Lipinski definition) is 1. The lowest BCUT2D eigenvalue weighted by Crippen LogP contribution is -2.29. The fourth-order valence-corrected chi connectivity index (χ4v) is 2.05. The quantitative estimate of drug-likeness (QED) is 0.901. The van der Waals surface area contributed by atoms with E-state index in [0.717, 1.165) is 17.7 Å². The summed E-state index contributed by atoms with van der Waals surface area (Å²) >= 11 is 0. The summed E-state index contributed by atoms with van der Waals surface area (Å²) in [6.45, 7) is 1.88. The molecule has 0 aliphatic heterocycles. The number of ether oxygens (including phenoxy) is 1. The molecule has 0 bridgehead atoms. The smallest absolute Gasteiger partial charge is 0.416 e. The van der Waals surface area contributed by atoms with Crippen molar-refractivity contribution in [2.45, 2.75) is 25.6 Å². The Morgan fingerprint density at radius 1 is 1.17 bits per heavy atom. The number of carbonyl (C=O) groups is 1. The minimum atomic E-state index is -4.47. The van der Waals surface area contributed by atoms with Crippen LogP contribution in [0.3, 0.4) is 0 Å². The molecule has 2 rings (SSSR count). The van der Waals surface area contributed by atoms with Gasteiger partial charge in [-0.3, -0.25) is 0 Å². The molecule has 3 nitrogen and oxygen atoms in total. The Morgan fingerprint density at radius 2 is 1.83 bits per heavy atom. The zero-order valence-corrected chi connectivity index (χ0v) is 12.3. The van der Waals surface area contributed by atoms with Gasteiger partial charge < -0.3 is 9.84 Å². The molecule has 0 radical (unpaired) electrons. The van der Waals surface area contributed by atoms with Gasteiger partial charge >= 0.3 is 12.1 Å². The maximum atomic E-state index is 12.7. The summed E-state index contributed by atoms with van der Waals surface area (Å²) in [5, 5.41) is 9.23. The van der Waals surface area contributed by atoms with E-state index in [9.17, 15) is 23.1 Å². The van der Waals surface area contributed by atoms with Gasteiger partial charge in [0.05, 0.1) is 5.56 Å². The van der Waals surface area contributed by atoms with Crippen LogP contribution >= 0.6 is 0 Å². The molecule has 1 atom stereocenters. The van der Waals surface area contributed by atoms with Gasteiger partial charge in [-0.05, 0) is 30.7 Å². The molecule has 1 unspecified atom stereocenters. The monoisotopic (exact) mass is 324 g/mol. The van der Waals surface area contributed by atoms with Gasteiger partial charge in [0.15, 0.2) is 6.10 Å². The van der Waals surface area contributed by atoms with Crippen molar-refractivity contribution in [3.63, 3.8) is 0 Å². The van der Waals surface area contributed by atoms with E-state index in [4.69, 9.17) is 4.74 Å². The number of carboxylic acids is 1. The van der Waals surface area contributed by atoms with Crippen LogP contribution in [0.4, 0.5) is 13.2 Å². The number of aliphatic carboxylic acids is 1. The molecular formula is C17H15F3O3. The number of hydrogen-bond acceptors (Lipinski definition) is 2. The van der Waals surface area contributed by atoms with Crippen molar-refractivity contribution in [1.82, 2.24) is 0 Å². The largest absolute Gasteiger partial charge is 0.478 e. The Labute approximate surface area is 131 Å². The highest BCUT2D eigenvalue weighted by molar-refractivity contribution is 5.73. The van der Waals surface area contributed by atoms with Gasteiger partial charge in [0.1, 0.15) is 5.75 Å². The third-order valence-corrected chi connectivity index (χ3v) is 3.25. The van der Waals surface area contributed by atoms with Crippen LogP contribution in [0.2, 0.25) is 0 Å². The third kappa shape index (κ3) is 4.74. The number of alkyl halides is 3. The average Bonchev–Trinajstić information content (AvgIpc) is 2.48. The van der Waals surface area contributed by atoms with Crippen LogP contribution in [0.25, 0.3) is 0 Å². The summed E-state index contributed by atoms with van der Waals surface area (Å²) in [5.41, 5.74) is 0.427. The van der Waals surface area contributed by atoms with E-state index in [-0.39, 0.29) is 12.0 Å². The van der Waals surface area contributed by atoms with Crippen molar-refractivity contribution in [1.29, 1.82) is 0 Å². The van der Waals surface area contributed by atoms with Crippen molar-refractivity contribution < 1.29 is 27.8 Å². The van der Waals surface area contributed by atoms with Gasteiger partial charge in [0.25, 0.3) is 0 Å². The molecular weight excluding hydrogens is 309 g/mol. The van der Waals surface area contributed by atoms with Gasteiger partial charge in [0, 0.05) is 6.42 Å². The zero-order valence-electron chi connectivity index (χ0n) is 12.3. The predicted octanol–water partition coefficient (Wildman–Crippen LogP) is 4.09. The first-order chi connectivity index (χ1) is 10.8. The van der Waals surface area contributed by atoms with Gasteiger partial charge in [-0.15, -0.1) is 0 Å². The summed E-state index contributed by atoms with van der Waals surface area (Å²) in [4.78, 5) is 11.3. The van der Waals surface area contributed by atoms with E-state index in [1.807, 2.05) is 6.92 Å². The predicted molar refractivity (Wildman–Crippen MR) is 78.4 cm³/mol. The van der Waals surface area contributed by atoms with Crippen LogP contribution in [0.15, 0.2) is 48.5 Å². The van der Waals surface area contributed by atoms with E-state index in [1.165, 1.54) is 12.1 Å². The third-order valence-electron chi connectivity index (χ3n) is 3.25. The lowest BCUT2D eigenvalue weighted by atomic mass is 10.0. The van der Waals surface area contributed by atoms with Gasteiger partial charge in [-0.2, -0.15) is 13.2 Å². The topological polar surface area (TPSA) is 46.5 Å². The maximum absolute atomic E-state index is 12.7. The van der Waals surface area contributed by atoms with E-state index in [0.29, 0.717) is 5.75 Å². The molecule has 0 aliphatic rings. The second-order valence-corrected chi connectivity index (χ2v) is 5.16. The molecule has 0 aliphatic carbocycles. The molecule has 0 saturated heterocycles. The van der Waals surface area contributed by atoms with E-state index < -0.39 is 23.8 Å². The van der Waals surface area contributed by atoms with E-state index in [1.54, 1.807) is 24.3 Å². The Morgan fingerprint density at radius 3 is 2.39 bits per heavy atom. The molecule has 0 amide bonds. The number of carboxylic acid groups (broad SMARTS) is 1. The Balaban J connectivity index is 2.16. The van der Waals surface area contributed by atoms with Crippen molar-refractivity contribution >= 4 is 5.97 Å². The van der Waals surface area contributed by atoms with Gasteiger partial charge in [0.2, 0.25) is 0 Å². The highest BCUT2D eigenvalue weighted by atomic mass is 19.4. The molecule has 0 fully saturated rings. The number of rotatable bonds is 5. The second kappa shape index (κ2) is 6.73. The second-order valence-electron chi connectivity index (χ2n) is 5.16. The van der Waals surface area contributed by atoms with Gasteiger partial charge in [-0.25, -0.2) is 4.79 Å². The summed E-state index contributed by atoms with van der Waals surface area (Å²) in [6, 6.07) is 11.4.